The van der Waals surface area contributed by atoms with Crippen LogP contribution in [0.3, 0.4) is 0 Å². The van der Waals surface area contributed by atoms with Crippen LogP contribution in [0.1, 0.15) is 11.1 Å². The molecule has 2 N–H and O–H groups in total. The summed E-state index contributed by atoms with van der Waals surface area (Å²) in [5.41, 5.74) is 2.61. The molecule has 0 radical (unpaired) electrons. The third kappa shape index (κ3) is 4.70. The maximum absolute atomic E-state index is 12.1. The standard InChI is InChI=1S/C21H19BrN2O2/c1-14-10-18(22)8-9-19(14)24-21(26)13-23-20(25)12-15-6-7-16-4-2-3-5-17(16)11-15/h2-11H,12-13H2,1H3,(H,23,25)(H,24,26). The number of halogens is 1. The molecular weight excluding hydrogens is 392 g/mol. The van der Waals surface area contributed by atoms with E-state index >= 15 is 0 Å². The van der Waals surface area contributed by atoms with Gasteiger partial charge in [-0.05, 0) is 47.0 Å². The summed E-state index contributed by atoms with van der Waals surface area (Å²) in [5, 5.41) is 7.71. The van der Waals surface area contributed by atoms with Crippen LogP contribution in [0.25, 0.3) is 10.8 Å². The number of aryl methyl sites for hydroxylation is 1. The lowest BCUT2D eigenvalue weighted by atomic mass is 10.0. The van der Waals surface area contributed by atoms with Gasteiger partial charge in [0.25, 0.3) is 0 Å². The van der Waals surface area contributed by atoms with Crippen LogP contribution >= 0.6 is 15.9 Å². The normalized spacial score (nSPS) is 10.5. The van der Waals surface area contributed by atoms with Gasteiger partial charge in [-0.3, -0.25) is 9.59 Å². The molecule has 0 aromatic heterocycles. The summed E-state index contributed by atoms with van der Waals surface area (Å²) < 4.78 is 0.955. The SMILES string of the molecule is Cc1cc(Br)ccc1NC(=O)CNC(=O)Cc1ccc2ccccc2c1. The highest BCUT2D eigenvalue weighted by Crippen LogP contribution is 2.20. The van der Waals surface area contributed by atoms with Crippen LogP contribution in [-0.4, -0.2) is 18.4 Å². The number of rotatable bonds is 5. The molecule has 0 saturated carbocycles. The smallest absolute Gasteiger partial charge is 0.243 e. The van der Waals surface area contributed by atoms with Crippen LogP contribution in [0, 0.1) is 6.92 Å². The second-order valence-corrected chi connectivity index (χ2v) is 7.06. The summed E-state index contributed by atoms with van der Waals surface area (Å²) in [6, 6.07) is 19.6. The molecule has 3 rings (SSSR count). The van der Waals surface area contributed by atoms with E-state index in [0.717, 1.165) is 32.1 Å². The Morgan fingerprint density at radius 3 is 2.46 bits per heavy atom. The van der Waals surface area contributed by atoms with Gasteiger partial charge < -0.3 is 10.6 Å². The van der Waals surface area contributed by atoms with Crippen molar-refractivity contribution in [1.82, 2.24) is 5.32 Å². The van der Waals surface area contributed by atoms with Crippen molar-refractivity contribution in [3.63, 3.8) is 0 Å². The Labute approximate surface area is 160 Å². The molecular formula is C21H19BrN2O2. The number of carbonyl (C=O) groups is 2. The Morgan fingerprint density at radius 2 is 1.69 bits per heavy atom. The van der Waals surface area contributed by atoms with Gasteiger partial charge in [0.15, 0.2) is 0 Å². The third-order valence-corrected chi connectivity index (χ3v) is 4.58. The van der Waals surface area contributed by atoms with Crippen LogP contribution < -0.4 is 10.6 Å². The average molecular weight is 411 g/mol. The van der Waals surface area contributed by atoms with E-state index in [0.29, 0.717) is 0 Å². The van der Waals surface area contributed by atoms with E-state index in [-0.39, 0.29) is 24.8 Å². The molecule has 3 aromatic carbocycles. The fraction of sp³-hybridized carbons (Fsp3) is 0.143. The van der Waals surface area contributed by atoms with E-state index in [9.17, 15) is 9.59 Å². The lowest BCUT2D eigenvalue weighted by Crippen LogP contribution is -2.33. The van der Waals surface area contributed by atoms with Crippen LogP contribution in [0.5, 0.6) is 0 Å². The lowest BCUT2D eigenvalue weighted by molar-refractivity contribution is -0.123. The first kappa shape index (κ1) is 18.1. The Bertz CT molecular complexity index is 969. The fourth-order valence-corrected chi connectivity index (χ4v) is 3.21. The molecule has 0 heterocycles. The van der Waals surface area contributed by atoms with E-state index in [1.54, 1.807) is 0 Å². The van der Waals surface area contributed by atoms with Crippen molar-refractivity contribution in [2.24, 2.45) is 0 Å². The number of fused-ring (bicyclic) bond motifs is 1. The zero-order valence-electron chi connectivity index (χ0n) is 14.4. The van der Waals surface area contributed by atoms with Gasteiger partial charge in [0, 0.05) is 10.2 Å². The van der Waals surface area contributed by atoms with E-state index in [2.05, 4.69) is 26.6 Å². The quantitative estimate of drug-likeness (QED) is 0.661. The number of carbonyl (C=O) groups excluding carboxylic acids is 2. The highest BCUT2D eigenvalue weighted by Gasteiger charge is 2.09. The van der Waals surface area contributed by atoms with Crippen molar-refractivity contribution >= 4 is 44.2 Å². The average Bonchev–Trinajstić information content (AvgIpc) is 2.62. The van der Waals surface area contributed by atoms with E-state index in [4.69, 9.17) is 0 Å². The second-order valence-electron chi connectivity index (χ2n) is 6.14. The Balaban J connectivity index is 1.53. The Morgan fingerprint density at radius 1 is 0.923 bits per heavy atom. The lowest BCUT2D eigenvalue weighted by Gasteiger charge is -2.10. The summed E-state index contributed by atoms with van der Waals surface area (Å²) in [6.07, 6.45) is 0.245. The molecule has 0 aliphatic rings. The van der Waals surface area contributed by atoms with Gasteiger partial charge in [0.05, 0.1) is 13.0 Å². The molecule has 0 unspecified atom stereocenters. The number of hydrogen-bond donors (Lipinski definition) is 2. The van der Waals surface area contributed by atoms with Gasteiger partial charge in [0.2, 0.25) is 11.8 Å². The number of nitrogens with one attached hydrogen (secondary N) is 2. The van der Waals surface area contributed by atoms with Crippen LogP contribution in [-0.2, 0) is 16.0 Å². The monoisotopic (exact) mass is 410 g/mol. The van der Waals surface area contributed by atoms with Crippen LogP contribution in [0.2, 0.25) is 0 Å². The zero-order chi connectivity index (χ0) is 18.5. The number of amides is 2. The molecule has 0 aliphatic heterocycles. The molecule has 0 bridgehead atoms. The van der Waals surface area contributed by atoms with Crippen LogP contribution in [0.15, 0.2) is 65.1 Å². The molecule has 132 valence electrons. The summed E-state index contributed by atoms with van der Waals surface area (Å²) in [7, 11) is 0. The fourth-order valence-electron chi connectivity index (χ4n) is 2.74. The molecule has 0 fully saturated rings. The number of anilines is 1. The van der Waals surface area contributed by atoms with Gasteiger partial charge in [-0.15, -0.1) is 0 Å². The molecule has 0 spiro atoms. The van der Waals surface area contributed by atoms with Crippen molar-refractivity contribution in [1.29, 1.82) is 0 Å². The van der Waals surface area contributed by atoms with Gasteiger partial charge in [-0.1, -0.05) is 58.4 Å². The maximum Gasteiger partial charge on any atom is 0.243 e. The first-order valence-corrected chi connectivity index (χ1v) is 9.11. The van der Waals surface area contributed by atoms with E-state index in [1.807, 2.05) is 67.6 Å². The third-order valence-electron chi connectivity index (χ3n) is 4.09. The highest BCUT2D eigenvalue weighted by atomic mass is 79.9. The van der Waals surface area contributed by atoms with Gasteiger partial charge in [-0.2, -0.15) is 0 Å². The molecule has 26 heavy (non-hydrogen) atoms. The number of benzene rings is 3. The highest BCUT2D eigenvalue weighted by molar-refractivity contribution is 9.10. The Hall–Kier alpha value is -2.66. The molecule has 0 saturated heterocycles. The molecule has 0 atom stereocenters. The molecule has 3 aromatic rings. The van der Waals surface area contributed by atoms with Crippen molar-refractivity contribution in [3.8, 4) is 0 Å². The molecule has 2 amide bonds. The van der Waals surface area contributed by atoms with Crippen LogP contribution in [0.4, 0.5) is 5.69 Å². The van der Waals surface area contributed by atoms with E-state index < -0.39 is 0 Å². The van der Waals surface area contributed by atoms with Gasteiger partial charge in [-0.25, -0.2) is 0 Å². The van der Waals surface area contributed by atoms with Crippen molar-refractivity contribution in [2.45, 2.75) is 13.3 Å². The predicted octanol–water partition coefficient (Wildman–Crippen LogP) is 4.21. The first-order chi connectivity index (χ1) is 12.5. The van der Waals surface area contributed by atoms with Crippen molar-refractivity contribution in [2.75, 3.05) is 11.9 Å². The minimum absolute atomic E-state index is 0.0537. The number of hydrogen-bond acceptors (Lipinski definition) is 2. The largest absolute Gasteiger partial charge is 0.347 e. The Kier molecular flexibility index (Phi) is 5.68. The van der Waals surface area contributed by atoms with Crippen molar-refractivity contribution in [3.05, 3.63) is 76.3 Å². The molecule has 4 nitrogen and oxygen atoms in total. The molecule has 0 aliphatic carbocycles. The zero-order valence-corrected chi connectivity index (χ0v) is 16.0. The summed E-state index contributed by atoms with van der Waals surface area (Å²) >= 11 is 3.39. The maximum atomic E-state index is 12.1. The minimum atomic E-state index is -0.248. The summed E-state index contributed by atoms with van der Waals surface area (Å²) in [5.74, 6) is -0.426. The summed E-state index contributed by atoms with van der Waals surface area (Å²) in [4.78, 5) is 24.2. The summed E-state index contributed by atoms with van der Waals surface area (Å²) in [6.45, 7) is 1.86. The minimum Gasteiger partial charge on any atom is -0.347 e. The topological polar surface area (TPSA) is 58.2 Å². The second kappa shape index (κ2) is 8.15. The predicted molar refractivity (Wildman–Crippen MR) is 108 cm³/mol. The first-order valence-electron chi connectivity index (χ1n) is 8.31. The molecule has 5 heteroatoms. The van der Waals surface area contributed by atoms with Crippen molar-refractivity contribution < 1.29 is 9.59 Å². The van der Waals surface area contributed by atoms with Gasteiger partial charge in [0.1, 0.15) is 0 Å². The van der Waals surface area contributed by atoms with Gasteiger partial charge >= 0.3 is 0 Å². The van der Waals surface area contributed by atoms with E-state index in [1.165, 1.54) is 0 Å².